The summed E-state index contributed by atoms with van der Waals surface area (Å²) in [6.45, 7) is -4.83. The smallest absolute Gasteiger partial charge is 0.217 e. The Hall–Kier alpha value is -3.96. The number of hydrogen-bond donors (Lipinski definition) is 31. The molecule has 0 aliphatic carbocycles. The second-order valence-electron chi connectivity index (χ2n) is 31.0. The van der Waals surface area contributed by atoms with E-state index in [2.05, 4.69) is 21.3 Å². The van der Waals surface area contributed by atoms with Gasteiger partial charge in [0.1, 0.15) is 238 Å². The second-order valence-corrected chi connectivity index (χ2v) is 31.0. The van der Waals surface area contributed by atoms with E-state index in [4.69, 9.17) is 90.0 Å². The summed E-state index contributed by atoms with van der Waals surface area (Å²) in [6.07, 6.45) is -95.2. The van der Waals surface area contributed by atoms with Crippen molar-refractivity contribution in [3.8, 4) is 0 Å². The van der Waals surface area contributed by atoms with Crippen molar-refractivity contribution in [2.75, 3.05) is 59.5 Å². The van der Waals surface area contributed by atoms with Crippen molar-refractivity contribution in [1.29, 1.82) is 0 Å². The zero-order valence-electron chi connectivity index (χ0n) is 65.7. The van der Waals surface area contributed by atoms with Crippen molar-refractivity contribution in [1.82, 2.24) is 21.3 Å². The van der Waals surface area contributed by atoms with Crippen LogP contribution in [0.2, 0.25) is 0 Å². The predicted octanol–water partition coefficient (Wildman–Crippen LogP) is -21.2. The summed E-state index contributed by atoms with van der Waals surface area (Å²) in [5.41, 5.74) is 0. The number of amides is 4. The Bertz CT molecular complexity index is 3290. The first-order valence-corrected chi connectivity index (χ1v) is 39.0. The van der Waals surface area contributed by atoms with E-state index < -0.39 is 390 Å². The van der Waals surface area contributed by atoms with Crippen LogP contribution in [0.25, 0.3) is 0 Å². The van der Waals surface area contributed by atoms with Crippen LogP contribution in [0, 0.1) is 0 Å². The topological polar surface area (TPSA) is 838 Å². The molecule has 122 heavy (non-hydrogen) atoms. The van der Waals surface area contributed by atoms with Crippen LogP contribution in [0.3, 0.4) is 0 Å². The Morgan fingerprint density at radius 1 is 0.230 bits per heavy atom. The first kappa shape index (κ1) is 100. The van der Waals surface area contributed by atoms with E-state index in [1.54, 1.807) is 0 Å². The molecule has 706 valence electrons. The van der Waals surface area contributed by atoms with Crippen LogP contribution in [-0.2, 0) is 109 Å². The zero-order chi connectivity index (χ0) is 89.8. The lowest BCUT2D eigenvalue weighted by atomic mass is 9.93. The molecule has 0 aromatic carbocycles. The molecule has 10 aliphatic heterocycles. The van der Waals surface area contributed by atoms with Crippen molar-refractivity contribution < 1.29 is 247 Å². The summed E-state index contributed by atoms with van der Waals surface area (Å²) in [6, 6.07) is -7.69. The number of carbonyl (C=O) groups is 4. The van der Waals surface area contributed by atoms with Crippen molar-refractivity contribution in [2.45, 2.75) is 341 Å². The lowest BCUT2D eigenvalue weighted by Gasteiger charge is -2.51. The second kappa shape index (κ2) is 43.6. The molecule has 0 radical (unpaired) electrons. The zero-order valence-corrected chi connectivity index (χ0v) is 65.7. The lowest BCUT2D eigenvalue weighted by molar-refractivity contribution is -0.399. The SMILES string of the molecule is CC(=O)N[C@@H]1[C@@H](O)[C@H](O[C@@H]2O[C@H](CO)[C@@H](O[C@@H]3O[C@H](CO[C@@H]4O[C@H](CO)[C@@H](O)[C@H](O)[C@@H]4O[C@@H]4O[C@H](CO)[C@@H](O[C@@H]5O[C@H](CO)[C@H](O)[C@H](O)[C@H]5O)[C@H](O)[C@H]4NC(C)=O)[C@@H](O)[C@H](O[C@@H]4O[C@H](CO)[C@@H](O)[C@H](O)[C@@H]4O[C@@H]4O[C@H](CO)[C@@H](O[C@@H]5O[C@H](CO)[C@H](O)[C@H](O)[C@H]5O)[C@H](O)[C@H]4NC(C)=O)[C@@H]3O)[C@H](O)[C@H]2NC(C)=O)[C@@H](CO[C@H]2O[C@@H](C)[C@@H](O)[C@@H](O)[C@@H]2O)O[C@H]1O. The van der Waals surface area contributed by atoms with Gasteiger partial charge in [-0.15, -0.1) is 0 Å². The summed E-state index contributed by atoms with van der Waals surface area (Å²) in [5, 5.41) is 310. The number of carbonyl (C=O) groups excluding carboxylic acids is 4. The van der Waals surface area contributed by atoms with E-state index in [-0.39, 0.29) is 0 Å². The summed E-state index contributed by atoms with van der Waals surface area (Å²) < 4.78 is 113. The van der Waals surface area contributed by atoms with Crippen molar-refractivity contribution in [2.24, 2.45) is 0 Å². The molecule has 0 spiro atoms. The number of hydrogen-bond acceptors (Lipinski definition) is 50. The maximum absolute atomic E-state index is 13.3. The maximum atomic E-state index is 13.3. The Morgan fingerprint density at radius 2 is 0.500 bits per heavy atom. The van der Waals surface area contributed by atoms with Gasteiger partial charge >= 0.3 is 0 Å². The third-order valence-electron chi connectivity index (χ3n) is 22.4. The molecular weight excluding hydrogens is 1670 g/mol. The highest BCUT2D eigenvalue weighted by atomic mass is 16.8. The van der Waals surface area contributed by atoms with E-state index in [0.717, 1.165) is 27.7 Å². The first-order chi connectivity index (χ1) is 57.7. The van der Waals surface area contributed by atoms with Gasteiger partial charge in [-0.25, -0.2) is 0 Å². The minimum atomic E-state index is -2.63. The normalized spacial score (nSPS) is 49.7. The van der Waals surface area contributed by atoms with Gasteiger partial charge in [-0.2, -0.15) is 0 Å². The largest absolute Gasteiger partial charge is 0.394 e. The van der Waals surface area contributed by atoms with Gasteiger partial charge in [0.25, 0.3) is 0 Å². The van der Waals surface area contributed by atoms with Crippen molar-refractivity contribution in [3.63, 3.8) is 0 Å². The molecular formula is C68H114N4O50. The van der Waals surface area contributed by atoms with E-state index in [9.17, 15) is 157 Å². The summed E-state index contributed by atoms with van der Waals surface area (Å²) in [4.78, 5) is 51.6. The Morgan fingerprint density at radius 3 is 0.893 bits per heavy atom. The fourth-order valence-electron chi connectivity index (χ4n) is 15.8. The van der Waals surface area contributed by atoms with Gasteiger partial charge in [0, 0.05) is 27.7 Å². The van der Waals surface area contributed by atoms with Crippen molar-refractivity contribution >= 4 is 23.6 Å². The quantitative estimate of drug-likeness (QED) is 0.0306. The van der Waals surface area contributed by atoms with Gasteiger partial charge in [0.15, 0.2) is 62.9 Å². The highest BCUT2D eigenvalue weighted by molar-refractivity contribution is 5.74. The van der Waals surface area contributed by atoms with Crippen molar-refractivity contribution in [3.05, 3.63) is 0 Å². The molecule has 10 fully saturated rings. The van der Waals surface area contributed by atoms with E-state index in [0.29, 0.717) is 0 Å². The van der Waals surface area contributed by atoms with Crippen LogP contribution in [-0.4, -0.2) is 528 Å². The molecule has 50 atom stereocenters. The third kappa shape index (κ3) is 22.0. The molecule has 54 nitrogen and oxygen atoms in total. The van der Waals surface area contributed by atoms with Crippen LogP contribution in [0.4, 0.5) is 0 Å². The van der Waals surface area contributed by atoms with Crippen LogP contribution in [0.1, 0.15) is 34.6 Å². The fraction of sp³-hybridized carbons (Fsp3) is 0.941. The van der Waals surface area contributed by atoms with Gasteiger partial charge in [-0.3, -0.25) is 19.2 Å². The van der Waals surface area contributed by atoms with E-state index in [1.807, 2.05) is 0 Å². The Balaban J connectivity index is 0.983. The van der Waals surface area contributed by atoms with Gasteiger partial charge in [0.05, 0.1) is 65.6 Å². The number of nitrogens with one attached hydrogen (secondary N) is 4. The highest BCUT2D eigenvalue weighted by Crippen LogP contribution is 2.41. The summed E-state index contributed by atoms with van der Waals surface area (Å²) in [5.74, 6) is -3.76. The number of aliphatic hydroxyl groups excluding tert-OH is 27. The standard InChI is InChI=1S/C68H114N4O50/c1-15-33(84)43(94)48(99)63(106-15)104-14-28-55(39(90)29(59(103)107-28)69-16(2)80)116-60-30(70-17(3)81)40(91)54(26(12-79)112-60)119-66-51(102)56(120-68-58(47(98)37(88)23(9-76)111-68)122-62-32(72-19(5)83)42(93)53(25(11-78)114-62)118-65-50(101)45(96)35(86)21(7-74)109-65)38(89)27(115-66)13-105-67-57(46(97)36(87)22(8-75)110-67)121-61-31(71-18(4)82)41(92)52(24(10-77)113-61)117-64-49(100)44(95)34(85)20(6-73)108-64/h15,20-68,73-79,84-103H,6-14H2,1-5H3,(H,69,80)(H,70,81)(H,71,82)(H,72,83)/t15-,20+,21+,22+,23+,24+,25+,26+,27+,28+,29+,30+,31+,32+,33+,34-,35-,36+,37+,38+,39+,40+,41+,42+,43+,44-,45-,46-,47-,48-,49+,50+,51-,52+,53+,54+,55+,56-,57-,58-,59+,60-,61-,62-,63-,64-,65-,66-,67+,68-/m0/s1. The number of ether oxygens (including phenoxy) is 19. The summed E-state index contributed by atoms with van der Waals surface area (Å²) >= 11 is 0. The molecule has 10 rings (SSSR count). The number of aliphatic hydroxyl groups is 27. The Kier molecular flexibility index (Phi) is 35.8. The molecule has 10 saturated heterocycles. The molecule has 0 aromatic rings. The van der Waals surface area contributed by atoms with Crippen LogP contribution in [0.5, 0.6) is 0 Å². The minimum Gasteiger partial charge on any atom is -0.394 e. The Labute approximate surface area is 691 Å². The van der Waals surface area contributed by atoms with E-state index >= 15 is 0 Å². The molecule has 0 unspecified atom stereocenters. The van der Waals surface area contributed by atoms with E-state index in [1.165, 1.54) is 6.92 Å². The van der Waals surface area contributed by atoms with Gasteiger partial charge in [-0.1, -0.05) is 0 Å². The van der Waals surface area contributed by atoms with Gasteiger partial charge < -0.3 is 249 Å². The first-order valence-electron chi connectivity index (χ1n) is 39.0. The lowest BCUT2D eigenvalue weighted by Crippen LogP contribution is -2.71. The average molecular weight is 1790 g/mol. The molecule has 10 aliphatic rings. The van der Waals surface area contributed by atoms with Gasteiger partial charge in [-0.05, 0) is 6.92 Å². The highest BCUT2D eigenvalue weighted by Gasteiger charge is 2.62. The molecule has 0 saturated carbocycles. The fourth-order valence-corrected chi connectivity index (χ4v) is 15.8. The third-order valence-corrected chi connectivity index (χ3v) is 22.4. The number of rotatable bonds is 31. The molecule has 0 aromatic heterocycles. The molecule has 4 amide bonds. The molecule has 10 heterocycles. The predicted molar refractivity (Wildman–Crippen MR) is 375 cm³/mol. The monoisotopic (exact) mass is 1790 g/mol. The van der Waals surface area contributed by atoms with Gasteiger partial charge in [0.2, 0.25) is 23.6 Å². The molecule has 54 heteroatoms. The van der Waals surface area contributed by atoms with Crippen LogP contribution >= 0.6 is 0 Å². The van der Waals surface area contributed by atoms with Crippen LogP contribution in [0.15, 0.2) is 0 Å². The summed E-state index contributed by atoms with van der Waals surface area (Å²) in [7, 11) is 0. The average Bonchev–Trinajstić information content (AvgIpc) is 0.770. The minimum absolute atomic E-state index is 0.846. The maximum Gasteiger partial charge on any atom is 0.217 e. The molecule has 0 bridgehead atoms. The van der Waals surface area contributed by atoms with Crippen LogP contribution < -0.4 is 21.3 Å². The molecule has 31 N–H and O–H groups in total.